The molecule has 1 aliphatic rings. The van der Waals surface area contributed by atoms with Crippen LogP contribution in [0.1, 0.15) is 66.4 Å². The van der Waals surface area contributed by atoms with Crippen molar-refractivity contribution in [2.24, 2.45) is 0 Å². The van der Waals surface area contributed by atoms with Gasteiger partial charge in [-0.15, -0.1) is 0 Å². The van der Waals surface area contributed by atoms with E-state index in [2.05, 4.69) is 0 Å². The van der Waals surface area contributed by atoms with Crippen LogP contribution in [-0.2, 0) is 21.0 Å². The summed E-state index contributed by atoms with van der Waals surface area (Å²) in [6, 6.07) is 3.43. The molecule has 0 aromatic heterocycles. The molecule has 5 heteroatoms. The second kappa shape index (κ2) is 6.82. The third-order valence-corrected chi connectivity index (χ3v) is 5.62. The highest BCUT2D eigenvalue weighted by Crippen LogP contribution is 2.37. The summed E-state index contributed by atoms with van der Waals surface area (Å²) in [4.78, 5) is 12.2. The van der Waals surface area contributed by atoms with Gasteiger partial charge in [0.1, 0.15) is 0 Å². The summed E-state index contributed by atoms with van der Waals surface area (Å²) >= 11 is 0. The summed E-state index contributed by atoms with van der Waals surface area (Å²) in [5.74, 6) is -0.201. The number of hydrogen-bond donors (Lipinski definition) is 0. The second-order valence-corrected chi connectivity index (χ2v) is 7.98. The van der Waals surface area contributed by atoms with E-state index in [4.69, 9.17) is 4.74 Å². The average Bonchev–Trinajstić information content (AvgIpc) is 2.52. The van der Waals surface area contributed by atoms with Gasteiger partial charge in [-0.05, 0) is 42.4 Å². The smallest absolute Gasteiger partial charge is 0.338 e. The maximum Gasteiger partial charge on any atom is 0.338 e. The van der Waals surface area contributed by atoms with Crippen LogP contribution in [-0.4, -0.2) is 27.8 Å². The molecule has 0 amide bonds. The second-order valence-electron chi connectivity index (χ2n) is 6.00. The van der Waals surface area contributed by atoms with Crippen LogP contribution in [0.3, 0.4) is 0 Å². The Labute approximate surface area is 132 Å². The van der Waals surface area contributed by atoms with E-state index in [9.17, 15) is 13.2 Å². The van der Waals surface area contributed by atoms with Gasteiger partial charge < -0.3 is 4.74 Å². The van der Waals surface area contributed by atoms with Crippen LogP contribution in [0.4, 0.5) is 0 Å². The lowest BCUT2D eigenvalue weighted by molar-refractivity contribution is 0.0599. The first kappa shape index (κ1) is 17.0. The molecule has 0 N–H and O–H groups in total. The summed E-state index contributed by atoms with van der Waals surface area (Å²) in [6.07, 6.45) is 7.40. The zero-order valence-corrected chi connectivity index (χ0v) is 14.3. The summed E-state index contributed by atoms with van der Waals surface area (Å²) in [6.45, 7) is 1.96. The SMILES string of the molecule is CCc1cc(C2CCCCC2)c(S(C)(=O)=O)cc1C(=O)OC. The van der Waals surface area contributed by atoms with Gasteiger partial charge in [0.15, 0.2) is 9.84 Å². The van der Waals surface area contributed by atoms with Crippen molar-refractivity contribution in [3.05, 3.63) is 28.8 Å². The lowest BCUT2D eigenvalue weighted by Crippen LogP contribution is -2.14. The molecule has 122 valence electrons. The van der Waals surface area contributed by atoms with Crippen molar-refractivity contribution < 1.29 is 17.9 Å². The summed E-state index contributed by atoms with van der Waals surface area (Å²) in [7, 11) is -2.06. The minimum atomic E-state index is -3.38. The van der Waals surface area contributed by atoms with Crippen LogP contribution in [0.15, 0.2) is 17.0 Å². The number of methoxy groups -OCH3 is 1. The molecule has 1 fully saturated rings. The van der Waals surface area contributed by atoms with E-state index in [0.717, 1.165) is 36.8 Å². The third kappa shape index (κ3) is 3.51. The number of carbonyl (C=O) groups is 1. The third-order valence-electron chi connectivity index (χ3n) is 4.47. The van der Waals surface area contributed by atoms with E-state index in [1.807, 2.05) is 13.0 Å². The Balaban J connectivity index is 2.63. The monoisotopic (exact) mass is 324 g/mol. The van der Waals surface area contributed by atoms with E-state index >= 15 is 0 Å². The molecule has 22 heavy (non-hydrogen) atoms. The summed E-state index contributed by atoms with van der Waals surface area (Å²) in [5.41, 5.74) is 2.11. The molecule has 0 saturated heterocycles. The van der Waals surface area contributed by atoms with Crippen molar-refractivity contribution >= 4 is 15.8 Å². The number of sulfone groups is 1. The first-order chi connectivity index (χ1) is 10.4. The molecule has 0 heterocycles. The molecule has 0 atom stereocenters. The lowest BCUT2D eigenvalue weighted by Gasteiger charge is -2.25. The molecule has 1 aromatic rings. The van der Waals surface area contributed by atoms with Gasteiger partial charge in [-0.25, -0.2) is 13.2 Å². The Kier molecular flexibility index (Phi) is 5.27. The van der Waals surface area contributed by atoms with Gasteiger partial charge in [0.05, 0.1) is 17.6 Å². The van der Waals surface area contributed by atoms with Crippen LogP contribution >= 0.6 is 0 Å². The Bertz CT molecular complexity index is 655. The number of esters is 1. The quantitative estimate of drug-likeness (QED) is 0.796. The minimum absolute atomic E-state index is 0.274. The van der Waals surface area contributed by atoms with E-state index in [1.165, 1.54) is 25.9 Å². The number of carbonyl (C=O) groups excluding carboxylic acids is 1. The Hall–Kier alpha value is -1.36. The van der Waals surface area contributed by atoms with Gasteiger partial charge in [-0.3, -0.25) is 0 Å². The molecule has 1 aliphatic carbocycles. The zero-order chi connectivity index (χ0) is 16.3. The number of hydrogen-bond acceptors (Lipinski definition) is 4. The molecular formula is C17H24O4S. The topological polar surface area (TPSA) is 60.4 Å². The van der Waals surface area contributed by atoms with Gasteiger partial charge in [-0.1, -0.05) is 32.3 Å². The van der Waals surface area contributed by atoms with Gasteiger partial charge in [0.2, 0.25) is 0 Å². The minimum Gasteiger partial charge on any atom is -0.465 e. The molecule has 0 aliphatic heterocycles. The molecule has 1 saturated carbocycles. The normalized spacial score (nSPS) is 16.5. The van der Waals surface area contributed by atoms with Gasteiger partial charge >= 0.3 is 5.97 Å². The number of ether oxygens (including phenoxy) is 1. The fraction of sp³-hybridized carbons (Fsp3) is 0.588. The van der Waals surface area contributed by atoms with Crippen molar-refractivity contribution in [3.63, 3.8) is 0 Å². The Morgan fingerprint density at radius 2 is 1.86 bits per heavy atom. The number of benzene rings is 1. The predicted octanol–water partition coefficient (Wildman–Crippen LogP) is 3.49. The standard InChI is InChI=1S/C17H24O4S/c1-4-12-10-14(13-8-6-5-7-9-13)16(22(3,19)20)11-15(12)17(18)21-2/h10-11,13H,4-9H2,1-3H3. The van der Waals surface area contributed by atoms with Crippen molar-refractivity contribution in [2.75, 3.05) is 13.4 Å². The highest BCUT2D eigenvalue weighted by Gasteiger charge is 2.26. The maximum atomic E-state index is 12.2. The molecule has 4 nitrogen and oxygen atoms in total. The first-order valence-electron chi connectivity index (χ1n) is 7.83. The molecule has 0 radical (unpaired) electrons. The molecule has 0 bridgehead atoms. The van der Waals surface area contributed by atoms with Crippen molar-refractivity contribution in [2.45, 2.75) is 56.3 Å². The Morgan fingerprint density at radius 1 is 1.23 bits per heavy atom. The van der Waals surface area contributed by atoms with E-state index in [0.29, 0.717) is 12.0 Å². The van der Waals surface area contributed by atoms with Crippen LogP contribution in [0, 0.1) is 0 Å². The fourth-order valence-electron chi connectivity index (χ4n) is 3.29. The molecule has 0 spiro atoms. The van der Waals surface area contributed by atoms with Gasteiger partial charge in [0.25, 0.3) is 0 Å². The summed E-state index contributed by atoms with van der Waals surface area (Å²) < 4.78 is 29.2. The maximum absolute atomic E-state index is 12.2. The fourth-order valence-corrected chi connectivity index (χ4v) is 4.28. The van der Waals surface area contributed by atoms with Crippen molar-refractivity contribution in [3.8, 4) is 0 Å². The average molecular weight is 324 g/mol. The van der Waals surface area contributed by atoms with Crippen LogP contribution in [0.5, 0.6) is 0 Å². The van der Waals surface area contributed by atoms with E-state index in [-0.39, 0.29) is 10.8 Å². The van der Waals surface area contributed by atoms with Crippen LogP contribution < -0.4 is 0 Å². The van der Waals surface area contributed by atoms with Crippen molar-refractivity contribution in [1.82, 2.24) is 0 Å². The number of aryl methyl sites for hydroxylation is 1. The highest BCUT2D eigenvalue weighted by atomic mass is 32.2. The molecular weight excluding hydrogens is 300 g/mol. The van der Waals surface area contributed by atoms with Crippen LogP contribution in [0.25, 0.3) is 0 Å². The first-order valence-corrected chi connectivity index (χ1v) is 9.72. The van der Waals surface area contributed by atoms with E-state index < -0.39 is 15.8 Å². The summed E-state index contributed by atoms with van der Waals surface area (Å²) in [5, 5.41) is 0. The highest BCUT2D eigenvalue weighted by molar-refractivity contribution is 7.90. The van der Waals surface area contributed by atoms with E-state index in [1.54, 1.807) is 0 Å². The predicted molar refractivity (Wildman–Crippen MR) is 86.1 cm³/mol. The van der Waals surface area contributed by atoms with Crippen LogP contribution in [0.2, 0.25) is 0 Å². The Morgan fingerprint density at radius 3 is 2.36 bits per heavy atom. The molecule has 0 unspecified atom stereocenters. The number of rotatable bonds is 4. The van der Waals surface area contributed by atoms with Crippen molar-refractivity contribution in [1.29, 1.82) is 0 Å². The largest absolute Gasteiger partial charge is 0.465 e. The van der Waals surface area contributed by atoms with Gasteiger partial charge in [-0.2, -0.15) is 0 Å². The molecule has 1 aromatic carbocycles. The van der Waals surface area contributed by atoms with Gasteiger partial charge in [0, 0.05) is 6.26 Å². The molecule has 2 rings (SSSR count). The lowest BCUT2D eigenvalue weighted by atomic mass is 9.83. The zero-order valence-electron chi connectivity index (χ0n) is 13.5.